The van der Waals surface area contributed by atoms with Crippen LogP contribution < -0.4 is 5.73 Å². The molecule has 1 aromatic heterocycles. The van der Waals surface area contributed by atoms with Gasteiger partial charge in [-0.15, -0.1) is 0 Å². The number of aromatic nitrogens is 1. The molecular weight excluding hydrogens is 188 g/mol. The van der Waals surface area contributed by atoms with Crippen molar-refractivity contribution in [2.24, 2.45) is 11.7 Å². The molecule has 0 aliphatic carbocycles. The van der Waals surface area contributed by atoms with E-state index in [0.717, 1.165) is 25.3 Å². The third kappa shape index (κ3) is 1.66. The van der Waals surface area contributed by atoms with Crippen LogP contribution in [-0.4, -0.2) is 24.7 Å². The summed E-state index contributed by atoms with van der Waals surface area (Å²) in [5.41, 5.74) is 7.04. The SMILES string of the molecule is CCC(CN)C1(c2ccccn2)COC1. The van der Waals surface area contributed by atoms with Gasteiger partial charge >= 0.3 is 0 Å². The highest BCUT2D eigenvalue weighted by atomic mass is 16.5. The summed E-state index contributed by atoms with van der Waals surface area (Å²) in [7, 11) is 0. The van der Waals surface area contributed by atoms with Gasteiger partial charge in [-0.25, -0.2) is 0 Å². The Labute approximate surface area is 90.7 Å². The van der Waals surface area contributed by atoms with Crippen molar-refractivity contribution in [1.29, 1.82) is 0 Å². The third-order valence-corrected chi connectivity index (χ3v) is 3.45. The number of hydrogen-bond acceptors (Lipinski definition) is 3. The van der Waals surface area contributed by atoms with Crippen LogP contribution in [0.3, 0.4) is 0 Å². The van der Waals surface area contributed by atoms with Gasteiger partial charge in [-0.3, -0.25) is 4.98 Å². The Morgan fingerprint density at radius 2 is 2.33 bits per heavy atom. The molecular formula is C12H18N2O. The topological polar surface area (TPSA) is 48.1 Å². The molecule has 1 atom stereocenters. The maximum Gasteiger partial charge on any atom is 0.0633 e. The maximum atomic E-state index is 5.83. The minimum Gasteiger partial charge on any atom is -0.379 e. The Hall–Kier alpha value is -0.930. The largest absolute Gasteiger partial charge is 0.379 e. The quantitative estimate of drug-likeness (QED) is 0.808. The van der Waals surface area contributed by atoms with Gasteiger partial charge in [0, 0.05) is 6.20 Å². The van der Waals surface area contributed by atoms with Crippen LogP contribution in [0, 0.1) is 5.92 Å². The molecule has 1 aliphatic heterocycles. The van der Waals surface area contributed by atoms with Gasteiger partial charge in [0.25, 0.3) is 0 Å². The highest BCUT2D eigenvalue weighted by Gasteiger charge is 2.46. The molecule has 82 valence electrons. The molecule has 3 heteroatoms. The average Bonchev–Trinajstić information content (AvgIpc) is 2.24. The first-order valence-corrected chi connectivity index (χ1v) is 5.53. The van der Waals surface area contributed by atoms with Gasteiger partial charge in [-0.1, -0.05) is 19.4 Å². The minimum atomic E-state index is 0.0742. The van der Waals surface area contributed by atoms with Crippen molar-refractivity contribution in [1.82, 2.24) is 4.98 Å². The molecule has 3 nitrogen and oxygen atoms in total. The molecule has 0 aromatic carbocycles. The molecule has 0 bridgehead atoms. The van der Waals surface area contributed by atoms with Gasteiger partial charge in [0.15, 0.2) is 0 Å². The molecule has 0 radical (unpaired) electrons. The van der Waals surface area contributed by atoms with Crippen LogP contribution in [0.25, 0.3) is 0 Å². The van der Waals surface area contributed by atoms with E-state index in [4.69, 9.17) is 10.5 Å². The van der Waals surface area contributed by atoms with Crippen LogP contribution in [-0.2, 0) is 10.2 Å². The first-order valence-electron chi connectivity index (χ1n) is 5.53. The molecule has 2 rings (SSSR count). The summed E-state index contributed by atoms with van der Waals surface area (Å²) in [5, 5.41) is 0. The second kappa shape index (κ2) is 4.29. The summed E-state index contributed by atoms with van der Waals surface area (Å²) < 4.78 is 5.38. The van der Waals surface area contributed by atoms with E-state index in [2.05, 4.69) is 18.0 Å². The summed E-state index contributed by atoms with van der Waals surface area (Å²) in [6.45, 7) is 4.41. The summed E-state index contributed by atoms with van der Waals surface area (Å²) in [5.74, 6) is 0.473. The Morgan fingerprint density at radius 3 is 2.73 bits per heavy atom. The smallest absolute Gasteiger partial charge is 0.0633 e. The lowest BCUT2D eigenvalue weighted by Crippen LogP contribution is -2.54. The van der Waals surface area contributed by atoms with Crippen molar-refractivity contribution in [3.8, 4) is 0 Å². The summed E-state index contributed by atoms with van der Waals surface area (Å²) in [6.07, 6.45) is 2.93. The van der Waals surface area contributed by atoms with Gasteiger partial charge in [-0.2, -0.15) is 0 Å². The molecule has 1 aliphatic rings. The van der Waals surface area contributed by atoms with E-state index in [1.165, 1.54) is 0 Å². The van der Waals surface area contributed by atoms with E-state index < -0.39 is 0 Å². The summed E-state index contributed by atoms with van der Waals surface area (Å²) in [4.78, 5) is 4.45. The number of ether oxygens (including phenoxy) is 1. The van der Waals surface area contributed by atoms with Gasteiger partial charge in [0.2, 0.25) is 0 Å². The van der Waals surface area contributed by atoms with E-state index in [-0.39, 0.29) is 5.41 Å². The summed E-state index contributed by atoms with van der Waals surface area (Å²) in [6, 6.07) is 6.06. The van der Waals surface area contributed by atoms with E-state index in [1.807, 2.05) is 18.3 Å². The highest BCUT2D eigenvalue weighted by Crippen LogP contribution is 2.39. The third-order valence-electron chi connectivity index (χ3n) is 3.45. The van der Waals surface area contributed by atoms with Crippen molar-refractivity contribution in [3.05, 3.63) is 30.1 Å². The molecule has 1 fully saturated rings. The Balaban J connectivity index is 2.29. The van der Waals surface area contributed by atoms with E-state index in [9.17, 15) is 0 Å². The number of nitrogens with zero attached hydrogens (tertiary/aromatic N) is 1. The van der Waals surface area contributed by atoms with Crippen molar-refractivity contribution in [2.75, 3.05) is 19.8 Å². The molecule has 2 N–H and O–H groups in total. The van der Waals surface area contributed by atoms with Crippen molar-refractivity contribution < 1.29 is 4.74 Å². The standard InChI is InChI=1S/C12H18N2O/c1-2-10(7-13)12(8-15-9-12)11-5-3-4-6-14-11/h3-6,10H,2,7-9,13H2,1H3. The van der Waals surface area contributed by atoms with Crippen LogP contribution in [0.1, 0.15) is 19.0 Å². The Kier molecular flexibility index (Phi) is 3.03. The van der Waals surface area contributed by atoms with Gasteiger partial charge in [0.1, 0.15) is 0 Å². The first-order chi connectivity index (χ1) is 7.33. The fraction of sp³-hybridized carbons (Fsp3) is 0.583. The normalized spacial score (nSPS) is 20.7. The zero-order valence-electron chi connectivity index (χ0n) is 9.15. The van der Waals surface area contributed by atoms with Gasteiger partial charge in [-0.05, 0) is 24.6 Å². The lowest BCUT2D eigenvalue weighted by molar-refractivity contribution is -0.0919. The van der Waals surface area contributed by atoms with Crippen molar-refractivity contribution in [2.45, 2.75) is 18.8 Å². The number of hydrogen-bond donors (Lipinski definition) is 1. The Bertz CT molecular complexity index is 305. The lowest BCUT2D eigenvalue weighted by Gasteiger charge is -2.46. The maximum absolute atomic E-state index is 5.83. The molecule has 1 saturated heterocycles. The predicted octanol–water partition coefficient (Wildman–Crippen LogP) is 1.33. The molecule has 1 aromatic rings. The van der Waals surface area contributed by atoms with E-state index >= 15 is 0 Å². The fourth-order valence-electron chi connectivity index (χ4n) is 2.35. The van der Waals surface area contributed by atoms with Crippen LogP contribution in [0.15, 0.2) is 24.4 Å². The van der Waals surface area contributed by atoms with Crippen molar-refractivity contribution >= 4 is 0 Å². The number of rotatable bonds is 4. The van der Waals surface area contributed by atoms with Crippen molar-refractivity contribution in [3.63, 3.8) is 0 Å². The number of nitrogens with two attached hydrogens (primary N) is 1. The molecule has 15 heavy (non-hydrogen) atoms. The molecule has 0 spiro atoms. The predicted molar refractivity (Wildman–Crippen MR) is 59.6 cm³/mol. The van der Waals surface area contributed by atoms with Crippen LogP contribution in [0.2, 0.25) is 0 Å². The van der Waals surface area contributed by atoms with E-state index in [1.54, 1.807) is 0 Å². The monoisotopic (exact) mass is 206 g/mol. The first kappa shape index (κ1) is 10.6. The van der Waals surface area contributed by atoms with Crippen LogP contribution in [0.5, 0.6) is 0 Å². The fourth-order valence-corrected chi connectivity index (χ4v) is 2.35. The zero-order chi connectivity index (χ0) is 10.7. The van der Waals surface area contributed by atoms with Crippen LogP contribution >= 0.6 is 0 Å². The zero-order valence-corrected chi connectivity index (χ0v) is 9.15. The second-order valence-corrected chi connectivity index (χ2v) is 4.20. The molecule has 2 heterocycles. The Morgan fingerprint density at radius 1 is 1.53 bits per heavy atom. The van der Waals surface area contributed by atoms with E-state index in [0.29, 0.717) is 12.5 Å². The molecule has 0 amide bonds. The second-order valence-electron chi connectivity index (χ2n) is 4.20. The lowest BCUT2D eigenvalue weighted by atomic mass is 9.69. The molecule has 0 saturated carbocycles. The molecule has 1 unspecified atom stereocenters. The average molecular weight is 206 g/mol. The van der Waals surface area contributed by atoms with Gasteiger partial charge < -0.3 is 10.5 Å². The van der Waals surface area contributed by atoms with Gasteiger partial charge in [0.05, 0.1) is 24.3 Å². The number of pyridine rings is 1. The van der Waals surface area contributed by atoms with Crippen LogP contribution in [0.4, 0.5) is 0 Å². The highest BCUT2D eigenvalue weighted by molar-refractivity contribution is 5.22. The minimum absolute atomic E-state index is 0.0742. The summed E-state index contributed by atoms with van der Waals surface area (Å²) >= 11 is 0.